The summed E-state index contributed by atoms with van der Waals surface area (Å²) in [5.41, 5.74) is 0.287. The summed E-state index contributed by atoms with van der Waals surface area (Å²) in [4.78, 5) is 21.0. The Kier molecular flexibility index (Phi) is 4.42. The molecule has 96 valence electrons. The van der Waals surface area contributed by atoms with Crippen molar-refractivity contribution >= 4 is 11.7 Å². The van der Waals surface area contributed by atoms with E-state index in [1.165, 1.54) is 19.1 Å². The molecule has 1 aromatic carbocycles. The van der Waals surface area contributed by atoms with Crippen LogP contribution in [0.5, 0.6) is 5.75 Å². The minimum Gasteiger partial charge on any atom is -0.479 e. The van der Waals surface area contributed by atoms with Crippen LogP contribution in [-0.4, -0.2) is 22.1 Å². The Morgan fingerprint density at radius 3 is 2.83 bits per heavy atom. The van der Waals surface area contributed by atoms with Crippen molar-refractivity contribution in [1.82, 2.24) is 0 Å². The zero-order valence-corrected chi connectivity index (χ0v) is 9.83. The number of nitro groups is 1. The van der Waals surface area contributed by atoms with Crippen LogP contribution in [0.25, 0.3) is 0 Å². The van der Waals surface area contributed by atoms with E-state index in [0.717, 1.165) is 0 Å². The summed E-state index contributed by atoms with van der Waals surface area (Å²) in [5.74, 6) is -1.20. The number of benzene rings is 1. The zero-order chi connectivity index (χ0) is 13.7. The minimum atomic E-state index is -1.18. The number of ether oxygens (including phenoxy) is 1. The number of hydrogen-bond acceptors (Lipinski definition) is 4. The second kappa shape index (κ2) is 5.81. The molecule has 1 unspecified atom stereocenters. The highest BCUT2D eigenvalue weighted by molar-refractivity contribution is 5.72. The van der Waals surface area contributed by atoms with E-state index in [4.69, 9.17) is 9.84 Å². The number of carboxylic acids is 1. The maximum atomic E-state index is 10.9. The van der Waals surface area contributed by atoms with E-state index in [1.807, 2.05) is 0 Å². The summed E-state index contributed by atoms with van der Waals surface area (Å²) in [6.07, 6.45) is 0.774. The molecular formula is C12H13NO5. The normalized spacial score (nSPS) is 11.6. The smallest absolute Gasteiger partial charge is 0.344 e. The van der Waals surface area contributed by atoms with Crippen LogP contribution in [0.15, 0.2) is 30.9 Å². The van der Waals surface area contributed by atoms with E-state index >= 15 is 0 Å². The number of aliphatic carboxylic acids is 1. The molecule has 1 atom stereocenters. The summed E-state index contributed by atoms with van der Waals surface area (Å²) in [6.45, 7) is 4.86. The molecule has 1 rings (SSSR count). The van der Waals surface area contributed by atoms with E-state index in [1.54, 1.807) is 12.1 Å². The molecule has 0 bridgehead atoms. The van der Waals surface area contributed by atoms with Gasteiger partial charge < -0.3 is 9.84 Å². The fourth-order valence-electron chi connectivity index (χ4n) is 1.39. The summed E-state index contributed by atoms with van der Waals surface area (Å²) >= 11 is 0. The van der Waals surface area contributed by atoms with Gasteiger partial charge in [-0.05, 0) is 13.3 Å². The topological polar surface area (TPSA) is 89.7 Å². The number of nitrogens with zero attached hydrogens (tertiary/aromatic N) is 1. The molecule has 0 saturated carbocycles. The van der Waals surface area contributed by atoms with Gasteiger partial charge >= 0.3 is 11.7 Å². The number of carbonyl (C=O) groups is 1. The van der Waals surface area contributed by atoms with Crippen LogP contribution in [0, 0.1) is 10.1 Å². The number of nitro benzene ring substituents is 1. The molecule has 0 amide bonds. The van der Waals surface area contributed by atoms with Gasteiger partial charge in [0.1, 0.15) is 0 Å². The lowest BCUT2D eigenvalue weighted by Gasteiger charge is -2.13. The Morgan fingerprint density at radius 1 is 1.67 bits per heavy atom. The van der Waals surface area contributed by atoms with Gasteiger partial charge in [-0.1, -0.05) is 18.2 Å². The molecular weight excluding hydrogens is 238 g/mol. The quantitative estimate of drug-likeness (QED) is 0.475. The Balaban J connectivity index is 3.21. The predicted molar refractivity (Wildman–Crippen MR) is 64.7 cm³/mol. The largest absolute Gasteiger partial charge is 0.479 e. The number of allylic oxidation sites excluding steroid dienone is 1. The van der Waals surface area contributed by atoms with Crippen LogP contribution < -0.4 is 4.74 Å². The van der Waals surface area contributed by atoms with E-state index in [2.05, 4.69) is 6.58 Å². The van der Waals surface area contributed by atoms with E-state index in [9.17, 15) is 14.9 Å². The van der Waals surface area contributed by atoms with Gasteiger partial charge in [0.2, 0.25) is 5.75 Å². The van der Waals surface area contributed by atoms with Crippen LogP contribution in [0.1, 0.15) is 12.5 Å². The molecule has 0 aromatic heterocycles. The Hall–Kier alpha value is -2.37. The van der Waals surface area contributed by atoms with Gasteiger partial charge in [-0.15, -0.1) is 6.58 Å². The third kappa shape index (κ3) is 3.07. The van der Waals surface area contributed by atoms with Gasteiger partial charge in [0, 0.05) is 11.6 Å². The first-order chi connectivity index (χ1) is 8.47. The second-order valence-electron chi connectivity index (χ2n) is 3.61. The highest BCUT2D eigenvalue weighted by Crippen LogP contribution is 2.32. The summed E-state index contributed by atoms with van der Waals surface area (Å²) in [6, 6.07) is 4.43. The molecule has 0 aliphatic carbocycles. The Morgan fingerprint density at radius 2 is 2.33 bits per heavy atom. The monoisotopic (exact) mass is 251 g/mol. The number of carboxylic acid groups (broad SMARTS) is 1. The molecule has 0 radical (unpaired) electrons. The molecule has 0 spiro atoms. The molecule has 6 nitrogen and oxygen atoms in total. The molecule has 0 fully saturated rings. The fourth-order valence-corrected chi connectivity index (χ4v) is 1.39. The number of para-hydroxylation sites is 1. The molecule has 0 aliphatic heterocycles. The first-order valence-corrected chi connectivity index (χ1v) is 5.24. The third-order valence-electron chi connectivity index (χ3n) is 2.28. The van der Waals surface area contributed by atoms with Crippen LogP contribution in [0.4, 0.5) is 5.69 Å². The van der Waals surface area contributed by atoms with Gasteiger partial charge in [-0.2, -0.15) is 0 Å². The van der Waals surface area contributed by atoms with Crippen LogP contribution in [-0.2, 0) is 11.2 Å². The van der Waals surface area contributed by atoms with Gasteiger partial charge in [0.25, 0.3) is 0 Å². The lowest BCUT2D eigenvalue weighted by molar-refractivity contribution is -0.386. The first kappa shape index (κ1) is 13.7. The molecule has 6 heteroatoms. The van der Waals surface area contributed by atoms with Crippen LogP contribution in [0.3, 0.4) is 0 Å². The van der Waals surface area contributed by atoms with Crippen molar-refractivity contribution in [1.29, 1.82) is 0 Å². The van der Waals surface area contributed by atoms with Crippen molar-refractivity contribution < 1.29 is 19.6 Å². The average molecular weight is 251 g/mol. The van der Waals surface area contributed by atoms with Crippen LogP contribution in [0.2, 0.25) is 0 Å². The van der Waals surface area contributed by atoms with Gasteiger partial charge in [0.15, 0.2) is 6.10 Å². The van der Waals surface area contributed by atoms with Crippen molar-refractivity contribution in [3.05, 3.63) is 46.5 Å². The number of hydrogen-bond donors (Lipinski definition) is 1. The maximum absolute atomic E-state index is 10.9. The Bertz CT molecular complexity index is 483. The SMILES string of the molecule is C=CCc1cccc([N+](=O)[O-])c1OC(C)C(=O)O. The predicted octanol–water partition coefficient (Wildman–Crippen LogP) is 2.18. The molecule has 0 heterocycles. The Labute approximate surface area is 104 Å². The third-order valence-corrected chi connectivity index (χ3v) is 2.28. The van der Waals surface area contributed by atoms with Crippen molar-refractivity contribution in [2.75, 3.05) is 0 Å². The maximum Gasteiger partial charge on any atom is 0.344 e. The summed E-state index contributed by atoms with van der Waals surface area (Å²) in [7, 11) is 0. The van der Waals surface area contributed by atoms with Gasteiger partial charge in [-0.3, -0.25) is 10.1 Å². The minimum absolute atomic E-state index is 0.0164. The molecule has 1 N–H and O–H groups in total. The van der Waals surface area contributed by atoms with Gasteiger partial charge in [-0.25, -0.2) is 4.79 Å². The summed E-state index contributed by atoms with van der Waals surface area (Å²) in [5, 5.41) is 19.7. The molecule has 1 aromatic rings. The molecule has 0 saturated heterocycles. The highest BCUT2D eigenvalue weighted by Gasteiger charge is 2.23. The van der Waals surface area contributed by atoms with E-state index in [0.29, 0.717) is 12.0 Å². The van der Waals surface area contributed by atoms with E-state index in [-0.39, 0.29) is 11.4 Å². The summed E-state index contributed by atoms with van der Waals surface area (Å²) < 4.78 is 5.16. The van der Waals surface area contributed by atoms with Crippen molar-refractivity contribution in [3.63, 3.8) is 0 Å². The van der Waals surface area contributed by atoms with Crippen molar-refractivity contribution in [2.24, 2.45) is 0 Å². The molecule has 0 aliphatic rings. The second-order valence-corrected chi connectivity index (χ2v) is 3.61. The van der Waals surface area contributed by atoms with Crippen LogP contribution >= 0.6 is 0 Å². The first-order valence-electron chi connectivity index (χ1n) is 5.24. The fraction of sp³-hybridized carbons (Fsp3) is 0.250. The zero-order valence-electron chi connectivity index (χ0n) is 9.83. The van der Waals surface area contributed by atoms with Gasteiger partial charge in [0.05, 0.1) is 4.92 Å². The average Bonchev–Trinajstić information content (AvgIpc) is 2.30. The molecule has 18 heavy (non-hydrogen) atoms. The van der Waals surface area contributed by atoms with Crippen molar-refractivity contribution in [2.45, 2.75) is 19.4 Å². The lowest BCUT2D eigenvalue weighted by Crippen LogP contribution is -2.23. The standard InChI is InChI=1S/C12H13NO5/c1-3-5-9-6-4-7-10(13(16)17)11(9)18-8(2)12(14)15/h3-4,6-8H,1,5H2,2H3,(H,14,15). The lowest BCUT2D eigenvalue weighted by atomic mass is 10.1. The van der Waals surface area contributed by atoms with Crippen molar-refractivity contribution in [3.8, 4) is 5.75 Å². The van der Waals surface area contributed by atoms with E-state index < -0.39 is 17.0 Å². The highest BCUT2D eigenvalue weighted by atomic mass is 16.6. The number of rotatable bonds is 6.